The van der Waals surface area contributed by atoms with Crippen molar-refractivity contribution in [3.63, 3.8) is 0 Å². The number of hydrogen-bond donors (Lipinski definition) is 2. The van der Waals surface area contributed by atoms with Crippen molar-refractivity contribution in [1.29, 1.82) is 5.26 Å². The molecule has 2 aliphatic rings. The maximum absolute atomic E-state index is 15.6. The summed E-state index contributed by atoms with van der Waals surface area (Å²) in [5, 5.41) is 21.8. The summed E-state index contributed by atoms with van der Waals surface area (Å²) in [5.41, 5.74) is 1.00. The summed E-state index contributed by atoms with van der Waals surface area (Å²) in [5.74, 6) is -2.37. The van der Waals surface area contributed by atoms with E-state index in [0.29, 0.717) is 48.4 Å². The molecule has 4 heterocycles. The van der Waals surface area contributed by atoms with Gasteiger partial charge in [-0.2, -0.15) is 5.26 Å². The molecule has 254 valence electrons. The first kappa shape index (κ1) is 33.1. The van der Waals surface area contributed by atoms with E-state index in [4.69, 9.17) is 21.1 Å². The molecule has 1 saturated carbocycles. The average molecular weight is 699 g/mol. The van der Waals surface area contributed by atoms with E-state index in [0.717, 1.165) is 25.0 Å². The fraction of sp³-hybridized carbons (Fsp3) is 0.278. The van der Waals surface area contributed by atoms with Crippen molar-refractivity contribution in [1.82, 2.24) is 24.8 Å². The molecular formula is C36H29ClF2N6O5. The van der Waals surface area contributed by atoms with E-state index in [1.165, 1.54) is 30.5 Å². The van der Waals surface area contributed by atoms with E-state index in [9.17, 15) is 20.0 Å². The number of aromatic nitrogens is 4. The van der Waals surface area contributed by atoms with Crippen molar-refractivity contribution in [2.45, 2.75) is 56.9 Å². The highest BCUT2D eigenvalue weighted by Gasteiger charge is 2.39. The lowest BCUT2D eigenvalue weighted by Crippen LogP contribution is -2.52. The third kappa shape index (κ3) is 6.59. The van der Waals surface area contributed by atoms with Crippen LogP contribution in [0.4, 0.5) is 8.78 Å². The Morgan fingerprint density at radius 3 is 2.62 bits per heavy atom. The van der Waals surface area contributed by atoms with Crippen LogP contribution in [0.1, 0.15) is 63.5 Å². The van der Waals surface area contributed by atoms with Crippen molar-refractivity contribution in [3.05, 3.63) is 106 Å². The van der Waals surface area contributed by atoms with Crippen LogP contribution in [-0.4, -0.2) is 54.8 Å². The molecule has 1 amide bonds. The number of benzene rings is 2. The van der Waals surface area contributed by atoms with Gasteiger partial charge < -0.3 is 24.5 Å². The summed E-state index contributed by atoms with van der Waals surface area (Å²) < 4.78 is 44.4. The zero-order valence-corrected chi connectivity index (χ0v) is 27.2. The average Bonchev–Trinajstić information content (AvgIpc) is 3.41. The third-order valence-corrected chi connectivity index (χ3v) is 9.40. The Morgan fingerprint density at radius 1 is 1.12 bits per heavy atom. The van der Waals surface area contributed by atoms with E-state index in [1.54, 1.807) is 18.2 Å². The van der Waals surface area contributed by atoms with Gasteiger partial charge in [-0.25, -0.2) is 23.5 Å². The molecule has 1 atom stereocenters. The van der Waals surface area contributed by atoms with E-state index >= 15 is 8.78 Å². The van der Waals surface area contributed by atoms with Gasteiger partial charge in [0.25, 0.3) is 5.91 Å². The van der Waals surface area contributed by atoms with Gasteiger partial charge in [-0.15, -0.1) is 0 Å². The normalized spacial score (nSPS) is 16.2. The minimum atomic E-state index is -1.08. The predicted molar refractivity (Wildman–Crippen MR) is 177 cm³/mol. The monoisotopic (exact) mass is 698 g/mol. The molecule has 5 aromatic rings. The number of halogens is 3. The number of pyridine rings is 2. The number of carbonyl (C=O) groups is 2. The van der Waals surface area contributed by atoms with Crippen LogP contribution in [-0.2, 0) is 24.3 Å². The largest absolute Gasteiger partial charge is 0.478 e. The van der Waals surface area contributed by atoms with Crippen LogP contribution >= 0.6 is 11.6 Å². The Morgan fingerprint density at radius 2 is 1.94 bits per heavy atom. The molecule has 14 heteroatoms. The van der Waals surface area contributed by atoms with Gasteiger partial charge in [0.05, 0.1) is 46.0 Å². The first-order valence-electron chi connectivity index (χ1n) is 15.9. The number of carbonyl (C=O) groups excluding carboxylic acids is 1. The van der Waals surface area contributed by atoms with Crippen LogP contribution in [0.25, 0.3) is 22.3 Å². The fourth-order valence-corrected chi connectivity index (χ4v) is 6.14. The quantitative estimate of drug-likeness (QED) is 0.163. The first-order valence-corrected chi connectivity index (χ1v) is 16.3. The number of hydrogen-bond acceptors (Lipinski definition) is 8. The zero-order chi connectivity index (χ0) is 35.0. The molecule has 1 saturated heterocycles. The molecule has 11 nitrogen and oxygen atoms in total. The van der Waals surface area contributed by atoms with Crippen molar-refractivity contribution >= 4 is 34.5 Å². The van der Waals surface area contributed by atoms with Gasteiger partial charge in [0, 0.05) is 36.4 Å². The molecule has 1 aliphatic carbocycles. The standard InChI is InChI=1S/C36H29ClF2N6O5/c37-25-15-30(34(46)44-36(19-40)8-2-9-36)41-16-22(25)18-50-33-4-1-3-28(43-33)24-14-26(38)21(11-27(24)39)13-32-42-29-6-5-20(35(47)48)12-31(29)45(32)17-23-7-10-49-23/h1,3-6,11-12,14-16,23H,2,7-10,13,17-18H2,(H,44,46)(H,47,48)/t23-/m0/s1. The van der Waals surface area contributed by atoms with Crippen LogP contribution in [0.3, 0.4) is 0 Å². The molecule has 7 rings (SSSR count). The summed E-state index contributed by atoms with van der Waals surface area (Å²) in [4.78, 5) is 37.4. The lowest BCUT2D eigenvalue weighted by molar-refractivity contribution is -0.0589. The number of nitriles is 1. The molecule has 0 radical (unpaired) electrons. The number of amides is 1. The van der Waals surface area contributed by atoms with Gasteiger partial charge in [0.15, 0.2) is 0 Å². The SMILES string of the molecule is N#CC1(NC(=O)c2cc(Cl)c(COc3cccc(-c4cc(F)c(Cc5nc6ccc(C(=O)O)cc6n5C[C@@H]5CCO5)cc4F)n3)cn2)CCC1. The van der Waals surface area contributed by atoms with Crippen molar-refractivity contribution < 1.29 is 33.0 Å². The highest BCUT2D eigenvalue weighted by atomic mass is 35.5. The van der Waals surface area contributed by atoms with Crippen molar-refractivity contribution in [2.24, 2.45) is 0 Å². The van der Waals surface area contributed by atoms with Crippen LogP contribution in [0.15, 0.2) is 60.8 Å². The number of nitrogens with zero attached hydrogens (tertiary/aromatic N) is 5. The molecule has 2 N–H and O–H groups in total. The smallest absolute Gasteiger partial charge is 0.335 e. The summed E-state index contributed by atoms with van der Waals surface area (Å²) in [6, 6.07) is 15.0. The number of ether oxygens (including phenoxy) is 2. The molecule has 0 unspecified atom stereocenters. The number of aromatic carboxylic acids is 1. The second-order valence-electron chi connectivity index (χ2n) is 12.3. The maximum atomic E-state index is 15.6. The number of carboxylic acid groups (broad SMARTS) is 1. The number of nitrogens with one attached hydrogen (secondary N) is 1. The Hall–Kier alpha value is -5.45. The molecular weight excluding hydrogens is 670 g/mol. The Kier molecular flexibility index (Phi) is 8.90. The Balaban J connectivity index is 1.07. The minimum absolute atomic E-state index is 0.0438. The zero-order valence-electron chi connectivity index (χ0n) is 26.5. The molecule has 0 spiro atoms. The number of fused-ring (bicyclic) bond motifs is 1. The van der Waals surface area contributed by atoms with Crippen molar-refractivity contribution in [3.8, 4) is 23.2 Å². The third-order valence-electron chi connectivity index (χ3n) is 9.05. The van der Waals surface area contributed by atoms with Gasteiger partial charge in [-0.3, -0.25) is 9.78 Å². The number of carboxylic acids is 1. The summed E-state index contributed by atoms with van der Waals surface area (Å²) in [6.45, 7) is 0.957. The summed E-state index contributed by atoms with van der Waals surface area (Å²) >= 11 is 6.41. The molecule has 0 bridgehead atoms. The highest BCUT2D eigenvalue weighted by Crippen LogP contribution is 2.32. The molecule has 50 heavy (non-hydrogen) atoms. The van der Waals surface area contributed by atoms with Gasteiger partial charge >= 0.3 is 5.97 Å². The van der Waals surface area contributed by atoms with Gasteiger partial charge in [-0.1, -0.05) is 17.7 Å². The van der Waals surface area contributed by atoms with Gasteiger partial charge in [0.1, 0.15) is 35.3 Å². The van der Waals surface area contributed by atoms with Crippen LogP contribution in [0.5, 0.6) is 5.88 Å². The van der Waals surface area contributed by atoms with E-state index in [2.05, 4.69) is 26.3 Å². The van der Waals surface area contributed by atoms with E-state index in [1.807, 2.05) is 4.57 Å². The predicted octanol–water partition coefficient (Wildman–Crippen LogP) is 6.26. The van der Waals surface area contributed by atoms with Crippen molar-refractivity contribution in [2.75, 3.05) is 6.61 Å². The van der Waals surface area contributed by atoms with Crippen LogP contribution in [0, 0.1) is 23.0 Å². The molecule has 2 aromatic carbocycles. The van der Waals surface area contributed by atoms with E-state index in [-0.39, 0.29) is 58.1 Å². The molecule has 1 aliphatic heterocycles. The number of imidazole rings is 1. The van der Waals surface area contributed by atoms with Crippen LogP contribution in [0.2, 0.25) is 5.02 Å². The highest BCUT2D eigenvalue weighted by molar-refractivity contribution is 6.31. The maximum Gasteiger partial charge on any atom is 0.335 e. The lowest BCUT2D eigenvalue weighted by atomic mass is 9.78. The summed E-state index contributed by atoms with van der Waals surface area (Å²) in [7, 11) is 0. The fourth-order valence-electron chi connectivity index (χ4n) is 5.93. The second kappa shape index (κ2) is 13.5. The Labute approximate surface area is 289 Å². The lowest BCUT2D eigenvalue weighted by Gasteiger charge is -2.35. The molecule has 3 aromatic heterocycles. The van der Waals surface area contributed by atoms with E-state index < -0.39 is 29.0 Å². The molecule has 2 fully saturated rings. The topological polar surface area (TPSA) is 152 Å². The van der Waals surface area contributed by atoms with Gasteiger partial charge in [-0.05, 0) is 73.7 Å². The van der Waals surface area contributed by atoms with Gasteiger partial charge in [0.2, 0.25) is 5.88 Å². The number of rotatable bonds is 11. The Bertz CT molecular complexity index is 2190. The summed E-state index contributed by atoms with van der Waals surface area (Å²) in [6.07, 6.45) is 4.12. The second-order valence-corrected chi connectivity index (χ2v) is 12.7. The minimum Gasteiger partial charge on any atom is -0.478 e. The van der Waals surface area contributed by atoms with Crippen LogP contribution < -0.4 is 10.1 Å². The first-order chi connectivity index (χ1) is 24.1.